The van der Waals surface area contributed by atoms with Gasteiger partial charge in [-0.25, -0.2) is 10.8 Å². The van der Waals surface area contributed by atoms with E-state index < -0.39 is 0 Å². The van der Waals surface area contributed by atoms with Crippen LogP contribution in [0.5, 0.6) is 5.88 Å². The highest BCUT2D eigenvalue weighted by molar-refractivity contribution is 5.47. The van der Waals surface area contributed by atoms with Crippen molar-refractivity contribution >= 4 is 5.82 Å². The fourth-order valence-electron chi connectivity index (χ4n) is 1.82. The number of nitrogens with one attached hydrogen (secondary N) is 1. The van der Waals surface area contributed by atoms with Crippen molar-refractivity contribution in [3.05, 3.63) is 11.4 Å². The molecule has 5 heteroatoms. The number of rotatable bonds is 8. The van der Waals surface area contributed by atoms with Gasteiger partial charge in [0.2, 0.25) is 5.88 Å². The SMILES string of the molecule is CCCc1nc(NN)c(C)c(OCCCC(C)C)n1. The summed E-state index contributed by atoms with van der Waals surface area (Å²) in [6.45, 7) is 9.13. The zero-order valence-electron chi connectivity index (χ0n) is 12.5. The molecule has 1 rings (SSSR count). The van der Waals surface area contributed by atoms with Crippen molar-refractivity contribution in [2.75, 3.05) is 12.0 Å². The molecule has 3 N–H and O–H groups in total. The lowest BCUT2D eigenvalue weighted by molar-refractivity contribution is 0.284. The van der Waals surface area contributed by atoms with E-state index >= 15 is 0 Å². The van der Waals surface area contributed by atoms with E-state index in [1.54, 1.807) is 0 Å². The van der Waals surface area contributed by atoms with Crippen molar-refractivity contribution in [3.8, 4) is 5.88 Å². The van der Waals surface area contributed by atoms with Gasteiger partial charge in [-0.1, -0.05) is 20.8 Å². The molecule has 19 heavy (non-hydrogen) atoms. The molecular weight excluding hydrogens is 240 g/mol. The van der Waals surface area contributed by atoms with Crippen molar-refractivity contribution < 1.29 is 4.74 Å². The van der Waals surface area contributed by atoms with Gasteiger partial charge in [-0.3, -0.25) is 0 Å². The zero-order chi connectivity index (χ0) is 14.3. The predicted octanol–water partition coefficient (Wildman–Crippen LogP) is 2.84. The standard InChI is InChI=1S/C14H26N4O/c1-5-7-12-16-13(18-15)11(4)14(17-12)19-9-6-8-10(2)3/h10H,5-9,15H2,1-4H3,(H,16,17,18). The number of aromatic nitrogens is 2. The zero-order valence-corrected chi connectivity index (χ0v) is 12.5. The molecular formula is C14H26N4O. The first-order valence-corrected chi connectivity index (χ1v) is 7.05. The third kappa shape index (κ3) is 5.03. The molecule has 0 amide bonds. The second-order valence-corrected chi connectivity index (χ2v) is 5.20. The maximum Gasteiger partial charge on any atom is 0.221 e. The Labute approximate surface area is 115 Å². The lowest BCUT2D eigenvalue weighted by atomic mass is 10.1. The largest absolute Gasteiger partial charge is 0.477 e. The minimum atomic E-state index is 0.648. The molecule has 0 fully saturated rings. The number of anilines is 1. The number of nitrogens with zero attached hydrogens (tertiary/aromatic N) is 2. The third-order valence-corrected chi connectivity index (χ3v) is 2.92. The van der Waals surface area contributed by atoms with Crippen LogP contribution in [0.1, 0.15) is 51.4 Å². The van der Waals surface area contributed by atoms with Gasteiger partial charge in [0.05, 0.1) is 12.2 Å². The molecule has 0 unspecified atom stereocenters. The molecule has 0 aliphatic rings. The quantitative estimate of drug-likeness (QED) is 0.430. The highest BCUT2D eigenvalue weighted by Gasteiger charge is 2.11. The van der Waals surface area contributed by atoms with Crippen molar-refractivity contribution in [2.24, 2.45) is 11.8 Å². The summed E-state index contributed by atoms with van der Waals surface area (Å²) in [5.74, 6) is 8.26. The average Bonchev–Trinajstić information content (AvgIpc) is 2.37. The van der Waals surface area contributed by atoms with E-state index in [1.807, 2.05) is 6.92 Å². The lowest BCUT2D eigenvalue weighted by Crippen LogP contribution is -2.14. The van der Waals surface area contributed by atoms with Crippen LogP contribution >= 0.6 is 0 Å². The van der Waals surface area contributed by atoms with Gasteiger partial charge in [-0.2, -0.15) is 4.98 Å². The number of hydrazine groups is 1. The molecule has 0 atom stereocenters. The summed E-state index contributed by atoms with van der Waals surface area (Å²) in [7, 11) is 0. The van der Waals surface area contributed by atoms with Gasteiger partial charge in [-0.05, 0) is 32.1 Å². The van der Waals surface area contributed by atoms with Gasteiger partial charge in [-0.15, -0.1) is 0 Å². The molecule has 0 bridgehead atoms. The van der Waals surface area contributed by atoms with E-state index in [0.29, 0.717) is 24.2 Å². The Morgan fingerprint density at radius 1 is 1.32 bits per heavy atom. The van der Waals surface area contributed by atoms with Crippen LogP contribution in [0.15, 0.2) is 0 Å². The fourth-order valence-corrected chi connectivity index (χ4v) is 1.82. The molecule has 0 spiro atoms. The van der Waals surface area contributed by atoms with Crippen molar-refractivity contribution in [3.63, 3.8) is 0 Å². The summed E-state index contributed by atoms with van der Waals surface area (Å²) in [5.41, 5.74) is 3.48. The van der Waals surface area contributed by atoms with Crippen LogP contribution in [-0.4, -0.2) is 16.6 Å². The number of hydrogen-bond acceptors (Lipinski definition) is 5. The number of nitrogens with two attached hydrogens (primary N) is 1. The van der Waals surface area contributed by atoms with E-state index in [4.69, 9.17) is 10.6 Å². The van der Waals surface area contributed by atoms with Gasteiger partial charge in [0.1, 0.15) is 11.6 Å². The molecule has 1 aromatic heterocycles. The Balaban J connectivity index is 2.71. The second-order valence-electron chi connectivity index (χ2n) is 5.20. The number of aryl methyl sites for hydroxylation is 1. The molecule has 1 heterocycles. The molecule has 0 aliphatic carbocycles. The van der Waals surface area contributed by atoms with E-state index in [2.05, 4.69) is 36.2 Å². The van der Waals surface area contributed by atoms with Gasteiger partial charge in [0.15, 0.2) is 0 Å². The number of ether oxygens (including phenoxy) is 1. The van der Waals surface area contributed by atoms with Crippen LogP contribution in [0.3, 0.4) is 0 Å². The van der Waals surface area contributed by atoms with Crippen LogP contribution in [0.25, 0.3) is 0 Å². The van der Waals surface area contributed by atoms with E-state index in [9.17, 15) is 0 Å². The maximum absolute atomic E-state index is 5.77. The van der Waals surface area contributed by atoms with Crippen LogP contribution in [0, 0.1) is 12.8 Å². The summed E-state index contributed by atoms with van der Waals surface area (Å²) in [6, 6.07) is 0. The van der Waals surface area contributed by atoms with Gasteiger partial charge in [0.25, 0.3) is 0 Å². The summed E-state index contributed by atoms with van der Waals surface area (Å²) in [4.78, 5) is 8.83. The van der Waals surface area contributed by atoms with E-state index in [1.165, 1.54) is 0 Å². The first-order valence-electron chi connectivity index (χ1n) is 7.05. The first-order chi connectivity index (χ1) is 9.08. The highest BCUT2D eigenvalue weighted by Crippen LogP contribution is 2.22. The lowest BCUT2D eigenvalue weighted by Gasteiger charge is -2.13. The Bertz CT molecular complexity index is 393. The van der Waals surface area contributed by atoms with E-state index in [0.717, 1.165) is 37.1 Å². The summed E-state index contributed by atoms with van der Waals surface area (Å²) in [5, 5.41) is 0. The summed E-state index contributed by atoms with van der Waals surface area (Å²) < 4.78 is 5.77. The Kier molecular flexibility index (Phi) is 6.56. The molecule has 0 aromatic carbocycles. The monoisotopic (exact) mass is 266 g/mol. The Morgan fingerprint density at radius 2 is 2.05 bits per heavy atom. The Morgan fingerprint density at radius 3 is 2.63 bits per heavy atom. The average molecular weight is 266 g/mol. The smallest absolute Gasteiger partial charge is 0.221 e. The van der Waals surface area contributed by atoms with Crippen molar-refractivity contribution in [1.82, 2.24) is 9.97 Å². The second kappa shape index (κ2) is 7.94. The van der Waals surface area contributed by atoms with Crippen molar-refractivity contribution in [1.29, 1.82) is 0 Å². The Hall–Kier alpha value is -1.36. The van der Waals surface area contributed by atoms with Crippen LogP contribution < -0.4 is 16.0 Å². The van der Waals surface area contributed by atoms with Gasteiger partial charge in [0, 0.05) is 6.42 Å². The molecule has 0 saturated carbocycles. The van der Waals surface area contributed by atoms with Crippen LogP contribution in [0.2, 0.25) is 0 Å². The maximum atomic E-state index is 5.77. The molecule has 1 aromatic rings. The third-order valence-electron chi connectivity index (χ3n) is 2.92. The molecule has 0 saturated heterocycles. The van der Waals surface area contributed by atoms with Gasteiger partial charge < -0.3 is 10.2 Å². The topological polar surface area (TPSA) is 73.1 Å². The first kappa shape index (κ1) is 15.7. The van der Waals surface area contributed by atoms with E-state index in [-0.39, 0.29) is 0 Å². The van der Waals surface area contributed by atoms with Crippen LogP contribution in [0.4, 0.5) is 5.82 Å². The molecule has 0 radical (unpaired) electrons. The molecule has 108 valence electrons. The molecule has 5 nitrogen and oxygen atoms in total. The van der Waals surface area contributed by atoms with Crippen LogP contribution in [-0.2, 0) is 6.42 Å². The predicted molar refractivity (Wildman–Crippen MR) is 78.1 cm³/mol. The fraction of sp³-hybridized carbons (Fsp3) is 0.714. The summed E-state index contributed by atoms with van der Waals surface area (Å²) in [6.07, 6.45) is 4.03. The van der Waals surface area contributed by atoms with Crippen molar-refractivity contribution in [2.45, 2.75) is 53.4 Å². The normalized spacial score (nSPS) is 10.8. The highest BCUT2D eigenvalue weighted by atomic mass is 16.5. The minimum absolute atomic E-state index is 0.648. The van der Waals surface area contributed by atoms with Gasteiger partial charge >= 0.3 is 0 Å². The number of nitrogen functional groups attached to an aromatic ring is 1. The number of hydrogen-bond donors (Lipinski definition) is 2. The minimum Gasteiger partial charge on any atom is -0.477 e. The summed E-state index contributed by atoms with van der Waals surface area (Å²) >= 11 is 0. The molecule has 0 aliphatic heterocycles.